The zero-order chi connectivity index (χ0) is 19.6. The predicted octanol–water partition coefficient (Wildman–Crippen LogP) is 2.39. The first-order valence-corrected chi connectivity index (χ1v) is 10.6. The van der Waals surface area contributed by atoms with E-state index in [2.05, 4.69) is 36.3 Å². The summed E-state index contributed by atoms with van der Waals surface area (Å²) in [4.78, 5) is 19.2. The van der Waals surface area contributed by atoms with E-state index in [1.165, 1.54) is 0 Å². The van der Waals surface area contributed by atoms with E-state index in [4.69, 9.17) is 14.5 Å². The lowest BCUT2D eigenvalue weighted by Gasteiger charge is -2.37. The number of nitrogens with one attached hydrogen (secondary N) is 2. The lowest BCUT2D eigenvalue weighted by Crippen LogP contribution is -2.50. The minimum absolute atomic E-state index is 0. The Hall–Kier alpha value is -0.610. The quantitative estimate of drug-likeness (QED) is 0.237. The van der Waals surface area contributed by atoms with Gasteiger partial charge >= 0.3 is 5.97 Å². The van der Waals surface area contributed by atoms with Crippen LogP contribution in [-0.2, 0) is 14.3 Å². The molecule has 0 spiro atoms. The highest BCUT2D eigenvalue weighted by Gasteiger charge is 2.28. The topological polar surface area (TPSA) is 75.2 Å². The van der Waals surface area contributed by atoms with Crippen molar-refractivity contribution in [1.29, 1.82) is 0 Å². The van der Waals surface area contributed by atoms with E-state index in [0.29, 0.717) is 24.7 Å². The van der Waals surface area contributed by atoms with Crippen LogP contribution in [0.3, 0.4) is 0 Å². The smallest absolute Gasteiger partial charge is 0.308 e. The molecule has 2 N–H and O–H groups in total. The van der Waals surface area contributed by atoms with Crippen molar-refractivity contribution in [2.75, 3.05) is 39.5 Å². The minimum Gasteiger partial charge on any atom is -0.466 e. The van der Waals surface area contributed by atoms with Gasteiger partial charge in [-0.2, -0.15) is 0 Å². The Morgan fingerprint density at radius 1 is 1.29 bits per heavy atom. The van der Waals surface area contributed by atoms with Crippen molar-refractivity contribution in [1.82, 2.24) is 15.5 Å². The molecule has 8 heteroatoms. The van der Waals surface area contributed by atoms with E-state index < -0.39 is 0 Å². The number of halogens is 1. The van der Waals surface area contributed by atoms with Crippen LogP contribution in [0.2, 0.25) is 0 Å². The molecule has 1 saturated heterocycles. The summed E-state index contributed by atoms with van der Waals surface area (Å²) in [6, 6.07) is 1.20. The molecule has 28 heavy (non-hydrogen) atoms. The van der Waals surface area contributed by atoms with E-state index in [1.807, 2.05) is 6.92 Å². The fraction of sp³-hybridized carbons (Fsp3) is 0.900. The molecule has 1 aliphatic heterocycles. The number of morpholine rings is 1. The van der Waals surface area contributed by atoms with Gasteiger partial charge in [-0.15, -0.1) is 24.0 Å². The maximum atomic E-state index is 11.9. The first-order valence-electron chi connectivity index (χ1n) is 10.6. The van der Waals surface area contributed by atoms with Crippen molar-refractivity contribution in [2.45, 2.75) is 71.5 Å². The number of esters is 1. The third-order valence-corrected chi connectivity index (χ3v) is 5.53. The number of nitrogens with zero attached hydrogens (tertiary/aromatic N) is 2. The first kappa shape index (κ1) is 25.4. The molecule has 0 aromatic carbocycles. The number of carbonyl (C=O) groups excluding carboxylic acids is 1. The predicted molar refractivity (Wildman–Crippen MR) is 123 cm³/mol. The summed E-state index contributed by atoms with van der Waals surface area (Å²) in [6.07, 6.45) is 3.73. The molecule has 2 unspecified atom stereocenters. The Morgan fingerprint density at radius 3 is 2.61 bits per heavy atom. The molecule has 2 rings (SSSR count). The highest BCUT2D eigenvalue weighted by Crippen LogP contribution is 2.25. The summed E-state index contributed by atoms with van der Waals surface area (Å²) < 4.78 is 10.7. The molecule has 0 aromatic heterocycles. The average Bonchev–Trinajstić information content (AvgIpc) is 2.67. The van der Waals surface area contributed by atoms with Crippen molar-refractivity contribution >= 4 is 35.9 Å². The van der Waals surface area contributed by atoms with Crippen LogP contribution in [0.15, 0.2) is 4.99 Å². The summed E-state index contributed by atoms with van der Waals surface area (Å²) in [7, 11) is 0. The maximum absolute atomic E-state index is 11.9. The van der Waals surface area contributed by atoms with Crippen LogP contribution < -0.4 is 10.6 Å². The summed E-state index contributed by atoms with van der Waals surface area (Å²) in [5.74, 6) is 0.903. The number of aliphatic imine (C=N–C) groups is 1. The molecule has 164 valence electrons. The number of ether oxygens (including phenoxy) is 2. The summed E-state index contributed by atoms with van der Waals surface area (Å²) >= 11 is 0. The Labute approximate surface area is 187 Å². The molecule has 0 amide bonds. The number of hydrogen-bond donors (Lipinski definition) is 2. The zero-order valence-electron chi connectivity index (χ0n) is 17.9. The van der Waals surface area contributed by atoms with Crippen LogP contribution >= 0.6 is 24.0 Å². The first-order chi connectivity index (χ1) is 13.0. The van der Waals surface area contributed by atoms with Gasteiger partial charge in [0.15, 0.2) is 5.96 Å². The molecule has 7 nitrogen and oxygen atoms in total. The van der Waals surface area contributed by atoms with Gasteiger partial charge in [0.25, 0.3) is 0 Å². The van der Waals surface area contributed by atoms with Gasteiger partial charge in [0, 0.05) is 31.2 Å². The Bertz CT molecular complexity index is 484. The van der Waals surface area contributed by atoms with Gasteiger partial charge in [-0.3, -0.25) is 14.7 Å². The van der Waals surface area contributed by atoms with Gasteiger partial charge in [-0.1, -0.05) is 0 Å². The standard InChI is InChI=1S/C20H38N4O3.HI/c1-5-21-20(22-13-15(3)24-11-12-26-14-16(24)4)23-18-9-7-17(8-10-18)19(25)27-6-2;/h15-18H,5-14H2,1-4H3,(H2,21,22,23);1H. The third kappa shape index (κ3) is 8.02. The second-order valence-corrected chi connectivity index (χ2v) is 7.68. The fourth-order valence-electron chi connectivity index (χ4n) is 3.97. The molecule has 0 radical (unpaired) electrons. The lowest BCUT2D eigenvalue weighted by molar-refractivity contribution is -0.149. The number of rotatable bonds is 7. The van der Waals surface area contributed by atoms with Crippen LogP contribution in [0.1, 0.15) is 53.4 Å². The minimum atomic E-state index is -0.0371. The Morgan fingerprint density at radius 2 is 2.00 bits per heavy atom. The van der Waals surface area contributed by atoms with Crippen molar-refractivity contribution in [2.24, 2.45) is 10.9 Å². The maximum Gasteiger partial charge on any atom is 0.308 e. The van der Waals surface area contributed by atoms with E-state index in [9.17, 15) is 4.79 Å². The fourth-order valence-corrected chi connectivity index (χ4v) is 3.97. The van der Waals surface area contributed by atoms with E-state index in [1.54, 1.807) is 0 Å². The van der Waals surface area contributed by atoms with Crippen molar-refractivity contribution in [3.8, 4) is 0 Å². The molecule has 0 bridgehead atoms. The molecule has 1 aliphatic carbocycles. The van der Waals surface area contributed by atoms with Gasteiger partial charge in [0.1, 0.15) is 0 Å². The lowest BCUT2D eigenvalue weighted by atomic mass is 9.86. The largest absolute Gasteiger partial charge is 0.466 e. The van der Waals surface area contributed by atoms with Gasteiger partial charge in [0.2, 0.25) is 0 Å². The molecular weight excluding hydrogens is 471 g/mol. The SMILES string of the molecule is CCNC(=NCC(C)N1CCOCC1C)NC1CCC(C(=O)OCC)CC1.I. The van der Waals surface area contributed by atoms with Crippen molar-refractivity contribution in [3.05, 3.63) is 0 Å². The molecule has 2 fully saturated rings. The zero-order valence-corrected chi connectivity index (χ0v) is 20.2. The van der Waals surface area contributed by atoms with Crippen LogP contribution in [0.25, 0.3) is 0 Å². The van der Waals surface area contributed by atoms with E-state index >= 15 is 0 Å². The molecule has 1 heterocycles. The van der Waals surface area contributed by atoms with E-state index in [0.717, 1.165) is 64.5 Å². The normalized spacial score (nSPS) is 27.4. The second-order valence-electron chi connectivity index (χ2n) is 7.68. The van der Waals surface area contributed by atoms with Gasteiger partial charge in [0.05, 0.1) is 32.3 Å². The molecule has 2 aliphatic rings. The third-order valence-electron chi connectivity index (χ3n) is 5.53. The van der Waals surface area contributed by atoms with Gasteiger partial charge in [-0.25, -0.2) is 0 Å². The van der Waals surface area contributed by atoms with Gasteiger partial charge < -0.3 is 20.1 Å². The monoisotopic (exact) mass is 510 g/mol. The molecule has 1 saturated carbocycles. The number of carbonyl (C=O) groups is 1. The van der Waals surface area contributed by atoms with Crippen LogP contribution in [0.5, 0.6) is 0 Å². The van der Waals surface area contributed by atoms with Gasteiger partial charge in [-0.05, 0) is 53.4 Å². The Kier molecular flexibility index (Phi) is 12.3. The summed E-state index contributed by atoms with van der Waals surface area (Å²) in [6.45, 7) is 13.0. The average molecular weight is 510 g/mol. The van der Waals surface area contributed by atoms with Crippen molar-refractivity contribution in [3.63, 3.8) is 0 Å². The summed E-state index contributed by atoms with van der Waals surface area (Å²) in [5, 5.41) is 6.92. The Balaban J connectivity index is 0.00000392. The number of hydrogen-bond acceptors (Lipinski definition) is 5. The van der Waals surface area contributed by atoms with Crippen LogP contribution in [0, 0.1) is 5.92 Å². The van der Waals surface area contributed by atoms with E-state index in [-0.39, 0.29) is 35.9 Å². The summed E-state index contributed by atoms with van der Waals surface area (Å²) in [5.41, 5.74) is 0. The second kappa shape index (κ2) is 13.6. The number of guanidine groups is 1. The highest BCUT2D eigenvalue weighted by molar-refractivity contribution is 14.0. The highest BCUT2D eigenvalue weighted by atomic mass is 127. The van der Waals surface area contributed by atoms with Crippen molar-refractivity contribution < 1.29 is 14.3 Å². The molecule has 2 atom stereocenters. The van der Waals surface area contributed by atoms with Crippen LogP contribution in [-0.4, -0.2) is 74.4 Å². The molecular formula is C20H39IN4O3. The molecule has 0 aromatic rings. The van der Waals surface area contributed by atoms with Crippen LogP contribution in [0.4, 0.5) is 0 Å².